The first-order valence-corrected chi connectivity index (χ1v) is 8.96. The molecule has 1 saturated carbocycles. The molecule has 1 aromatic carbocycles. The zero-order valence-corrected chi connectivity index (χ0v) is 14.8. The molecule has 0 saturated heterocycles. The Morgan fingerprint density at radius 2 is 2.00 bits per heavy atom. The van der Waals surface area contributed by atoms with Crippen LogP contribution in [-0.2, 0) is 11.3 Å². The van der Waals surface area contributed by atoms with E-state index in [0.29, 0.717) is 13.2 Å². The first kappa shape index (κ1) is 18.7. The molecule has 0 unspecified atom stereocenters. The van der Waals surface area contributed by atoms with Gasteiger partial charge in [0.25, 0.3) is 0 Å². The van der Waals surface area contributed by atoms with Gasteiger partial charge in [-0.25, -0.2) is 4.79 Å². The lowest BCUT2D eigenvalue weighted by atomic mass is 9.88. The molecule has 1 aliphatic carbocycles. The summed E-state index contributed by atoms with van der Waals surface area (Å²) in [6.07, 6.45) is 4.03. The first-order valence-electron chi connectivity index (χ1n) is 8.96. The van der Waals surface area contributed by atoms with E-state index < -0.39 is 0 Å². The van der Waals surface area contributed by atoms with Crippen molar-refractivity contribution in [2.45, 2.75) is 64.3 Å². The van der Waals surface area contributed by atoms with E-state index in [1.54, 1.807) is 0 Å². The molecule has 0 aliphatic heterocycles. The number of carbonyl (C=O) groups is 1. The number of ether oxygens (including phenoxy) is 1. The van der Waals surface area contributed by atoms with Crippen molar-refractivity contribution >= 4 is 6.09 Å². The summed E-state index contributed by atoms with van der Waals surface area (Å²) in [7, 11) is 0. The monoisotopic (exact) mass is 334 g/mol. The third-order valence-corrected chi connectivity index (χ3v) is 4.58. The predicted molar refractivity (Wildman–Crippen MR) is 94.7 cm³/mol. The second-order valence-electron chi connectivity index (χ2n) is 6.68. The second kappa shape index (κ2) is 9.64. The highest BCUT2D eigenvalue weighted by Crippen LogP contribution is 2.26. The summed E-state index contributed by atoms with van der Waals surface area (Å²) in [5.41, 5.74) is 0.994. The Morgan fingerprint density at radius 3 is 2.67 bits per heavy atom. The minimum absolute atomic E-state index is 0.0785. The highest BCUT2D eigenvalue weighted by atomic mass is 16.6. The van der Waals surface area contributed by atoms with Crippen LogP contribution in [0.25, 0.3) is 0 Å². The van der Waals surface area contributed by atoms with Crippen molar-refractivity contribution in [2.24, 2.45) is 0 Å². The maximum atomic E-state index is 12.7. The second-order valence-corrected chi connectivity index (χ2v) is 6.68. The van der Waals surface area contributed by atoms with E-state index in [4.69, 9.17) is 9.84 Å². The van der Waals surface area contributed by atoms with E-state index >= 15 is 0 Å². The SMILES string of the molecule is CC(C)N(C(=O)OCc1ccccc1)[C@H]1CCCC[C@H]1NCCO. The topological polar surface area (TPSA) is 61.8 Å². The number of aliphatic hydroxyl groups excluding tert-OH is 1. The molecule has 0 spiro atoms. The third-order valence-electron chi connectivity index (χ3n) is 4.58. The van der Waals surface area contributed by atoms with E-state index in [2.05, 4.69) is 5.32 Å². The summed E-state index contributed by atoms with van der Waals surface area (Å²) < 4.78 is 5.57. The molecule has 0 aromatic heterocycles. The van der Waals surface area contributed by atoms with Crippen molar-refractivity contribution in [1.29, 1.82) is 0 Å². The van der Waals surface area contributed by atoms with Gasteiger partial charge in [0.1, 0.15) is 6.61 Å². The third kappa shape index (κ3) is 5.21. The summed E-state index contributed by atoms with van der Waals surface area (Å²) in [5, 5.41) is 12.5. The molecule has 2 atom stereocenters. The zero-order chi connectivity index (χ0) is 17.4. The van der Waals surface area contributed by atoms with Crippen molar-refractivity contribution in [3.05, 3.63) is 35.9 Å². The minimum Gasteiger partial charge on any atom is -0.445 e. The van der Waals surface area contributed by atoms with Crippen LogP contribution in [0.4, 0.5) is 4.79 Å². The van der Waals surface area contributed by atoms with Gasteiger partial charge in [-0.1, -0.05) is 43.2 Å². The fourth-order valence-corrected chi connectivity index (χ4v) is 3.46. The molecule has 1 fully saturated rings. The van der Waals surface area contributed by atoms with Gasteiger partial charge in [0, 0.05) is 18.6 Å². The minimum atomic E-state index is -0.253. The Balaban J connectivity index is 2.01. The Morgan fingerprint density at radius 1 is 1.29 bits per heavy atom. The standard InChI is InChI=1S/C19H30N2O3/c1-15(2)21(18-11-7-6-10-17(18)20-12-13-22)19(23)24-14-16-8-4-3-5-9-16/h3-5,8-9,15,17-18,20,22H,6-7,10-14H2,1-2H3/t17-,18+/m1/s1. The van der Waals surface area contributed by atoms with Crippen molar-refractivity contribution in [3.63, 3.8) is 0 Å². The average molecular weight is 334 g/mol. The molecule has 0 radical (unpaired) electrons. The van der Waals surface area contributed by atoms with Crippen LogP contribution in [-0.4, -0.2) is 47.4 Å². The van der Waals surface area contributed by atoms with Crippen LogP contribution < -0.4 is 5.32 Å². The molecule has 5 nitrogen and oxygen atoms in total. The van der Waals surface area contributed by atoms with Gasteiger partial charge in [-0.3, -0.25) is 0 Å². The molecule has 2 rings (SSSR count). The summed E-state index contributed by atoms with van der Waals surface area (Å²) in [6, 6.07) is 10.2. The Bertz CT molecular complexity index is 493. The molecule has 24 heavy (non-hydrogen) atoms. The summed E-state index contributed by atoms with van der Waals surface area (Å²) in [5.74, 6) is 0. The van der Waals surface area contributed by atoms with E-state index in [1.165, 1.54) is 0 Å². The van der Waals surface area contributed by atoms with Crippen molar-refractivity contribution in [3.8, 4) is 0 Å². The number of hydrogen-bond acceptors (Lipinski definition) is 4. The summed E-state index contributed by atoms with van der Waals surface area (Å²) >= 11 is 0. The molecule has 2 N–H and O–H groups in total. The number of benzene rings is 1. The fourth-order valence-electron chi connectivity index (χ4n) is 3.46. The highest BCUT2D eigenvalue weighted by Gasteiger charge is 2.35. The van der Waals surface area contributed by atoms with E-state index in [-0.39, 0.29) is 30.8 Å². The van der Waals surface area contributed by atoms with Crippen LogP contribution in [0.3, 0.4) is 0 Å². The van der Waals surface area contributed by atoms with Crippen LogP contribution in [0, 0.1) is 0 Å². The average Bonchev–Trinajstić information content (AvgIpc) is 2.60. The fraction of sp³-hybridized carbons (Fsp3) is 0.632. The summed E-state index contributed by atoms with van der Waals surface area (Å²) in [4.78, 5) is 14.6. The van der Waals surface area contributed by atoms with Crippen molar-refractivity contribution in [1.82, 2.24) is 10.2 Å². The van der Waals surface area contributed by atoms with Gasteiger partial charge < -0.3 is 20.1 Å². The lowest BCUT2D eigenvalue weighted by Gasteiger charge is -2.41. The van der Waals surface area contributed by atoms with Crippen LogP contribution >= 0.6 is 0 Å². The Labute approximate surface area is 145 Å². The van der Waals surface area contributed by atoms with Gasteiger partial charge in [0.15, 0.2) is 0 Å². The molecule has 1 aliphatic rings. The number of nitrogens with zero attached hydrogens (tertiary/aromatic N) is 1. The normalized spacial score (nSPS) is 20.8. The van der Waals surface area contributed by atoms with E-state index in [1.807, 2.05) is 49.1 Å². The van der Waals surface area contributed by atoms with Gasteiger partial charge in [-0.2, -0.15) is 0 Å². The molecular formula is C19H30N2O3. The molecule has 1 amide bonds. The van der Waals surface area contributed by atoms with Gasteiger partial charge in [-0.05, 0) is 32.3 Å². The molecule has 5 heteroatoms. The van der Waals surface area contributed by atoms with Crippen LogP contribution in [0.2, 0.25) is 0 Å². The van der Waals surface area contributed by atoms with E-state index in [0.717, 1.165) is 31.2 Å². The smallest absolute Gasteiger partial charge is 0.410 e. The lowest BCUT2D eigenvalue weighted by Crippen LogP contribution is -2.56. The number of nitrogens with one attached hydrogen (secondary N) is 1. The van der Waals surface area contributed by atoms with Gasteiger partial charge in [0.05, 0.1) is 12.6 Å². The lowest BCUT2D eigenvalue weighted by molar-refractivity contribution is 0.0471. The molecule has 1 aromatic rings. The molecule has 0 bridgehead atoms. The van der Waals surface area contributed by atoms with Crippen molar-refractivity contribution in [2.75, 3.05) is 13.2 Å². The number of rotatable bonds is 7. The molecule has 0 heterocycles. The first-order chi connectivity index (χ1) is 11.6. The maximum Gasteiger partial charge on any atom is 0.410 e. The van der Waals surface area contributed by atoms with Gasteiger partial charge in [0.2, 0.25) is 0 Å². The number of amides is 1. The number of hydrogen-bond donors (Lipinski definition) is 2. The van der Waals surface area contributed by atoms with Crippen LogP contribution in [0.15, 0.2) is 30.3 Å². The number of aliphatic hydroxyl groups is 1. The predicted octanol–water partition coefficient (Wildman–Crippen LogP) is 2.93. The van der Waals surface area contributed by atoms with Crippen LogP contribution in [0.1, 0.15) is 45.1 Å². The molecular weight excluding hydrogens is 304 g/mol. The Hall–Kier alpha value is -1.59. The zero-order valence-electron chi connectivity index (χ0n) is 14.8. The maximum absolute atomic E-state index is 12.7. The van der Waals surface area contributed by atoms with Gasteiger partial charge >= 0.3 is 6.09 Å². The quantitative estimate of drug-likeness (QED) is 0.805. The molecule has 134 valence electrons. The summed E-state index contributed by atoms with van der Waals surface area (Å²) in [6.45, 7) is 5.03. The van der Waals surface area contributed by atoms with Crippen molar-refractivity contribution < 1.29 is 14.6 Å². The Kier molecular flexibility index (Phi) is 7.53. The number of carbonyl (C=O) groups excluding carboxylic acids is 1. The highest BCUT2D eigenvalue weighted by molar-refractivity contribution is 5.68. The van der Waals surface area contributed by atoms with Crippen LogP contribution in [0.5, 0.6) is 0 Å². The largest absolute Gasteiger partial charge is 0.445 e. The van der Waals surface area contributed by atoms with E-state index in [9.17, 15) is 4.79 Å². The van der Waals surface area contributed by atoms with Gasteiger partial charge in [-0.15, -0.1) is 0 Å².